The molecule has 3 heteroatoms. The van der Waals surface area contributed by atoms with Gasteiger partial charge in [-0.1, -0.05) is 42.0 Å². The zero-order valence-electron chi connectivity index (χ0n) is 11.9. The molecule has 2 aromatic carbocycles. The van der Waals surface area contributed by atoms with Gasteiger partial charge >= 0.3 is 5.97 Å². The van der Waals surface area contributed by atoms with Gasteiger partial charge in [0.15, 0.2) is 0 Å². The van der Waals surface area contributed by atoms with Crippen molar-refractivity contribution in [2.75, 3.05) is 0 Å². The van der Waals surface area contributed by atoms with Gasteiger partial charge in [0.1, 0.15) is 5.75 Å². The van der Waals surface area contributed by atoms with Crippen LogP contribution in [0.25, 0.3) is 11.1 Å². The lowest BCUT2D eigenvalue weighted by Crippen LogP contribution is -1.92. The summed E-state index contributed by atoms with van der Waals surface area (Å²) in [6.45, 7) is 1.83. The first-order valence-electron chi connectivity index (χ1n) is 6.83. The highest BCUT2D eigenvalue weighted by atomic mass is 16.4. The van der Waals surface area contributed by atoms with E-state index >= 15 is 0 Å². The van der Waals surface area contributed by atoms with Gasteiger partial charge in [-0.3, -0.25) is 0 Å². The van der Waals surface area contributed by atoms with Crippen LogP contribution in [0.1, 0.15) is 18.9 Å². The van der Waals surface area contributed by atoms with Crippen LogP contribution in [0.2, 0.25) is 0 Å². The van der Waals surface area contributed by atoms with Crippen LogP contribution in [-0.4, -0.2) is 16.2 Å². The number of aromatic hydroxyl groups is 1. The third-order valence-electron chi connectivity index (χ3n) is 3.31. The molecule has 0 aliphatic heterocycles. The molecule has 0 aliphatic carbocycles. The Morgan fingerprint density at radius 1 is 1.10 bits per heavy atom. The second-order valence-electron chi connectivity index (χ2n) is 5.08. The quantitative estimate of drug-likeness (QED) is 0.814. The molecule has 2 aromatic rings. The van der Waals surface area contributed by atoms with Crippen molar-refractivity contribution in [3.05, 3.63) is 65.7 Å². The fraction of sp³-hybridized carbons (Fsp3) is 0.167. The summed E-state index contributed by atoms with van der Waals surface area (Å²) in [6.07, 6.45) is 2.79. The molecule has 3 nitrogen and oxygen atoms in total. The predicted molar refractivity (Wildman–Crippen MR) is 83.3 cm³/mol. The van der Waals surface area contributed by atoms with Crippen molar-refractivity contribution in [2.24, 2.45) is 0 Å². The molecule has 0 saturated carbocycles. The standard InChI is InChI=1S/C18H18O3/c1-13(11-18(20)21)5-6-14-3-2-4-16(12-14)15-7-9-17(19)10-8-15/h2-4,7-12,19H,5-6H2,1H3,(H,20,21)/b13-11+. The largest absolute Gasteiger partial charge is 0.508 e. The highest BCUT2D eigenvalue weighted by Crippen LogP contribution is 2.23. The number of phenols is 1. The van der Waals surface area contributed by atoms with Crippen molar-refractivity contribution < 1.29 is 15.0 Å². The van der Waals surface area contributed by atoms with Crippen LogP contribution in [0.15, 0.2) is 60.2 Å². The lowest BCUT2D eigenvalue weighted by Gasteiger charge is -2.06. The van der Waals surface area contributed by atoms with Crippen LogP contribution in [0.3, 0.4) is 0 Å². The molecule has 2 N–H and O–H groups in total. The maximum atomic E-state index is 10.6. The van der Waals surface area contributed by atoms with Gasteiger partial charge < -0.3 is 10.2 Å². The fourth-order valence-electron chi connectivity index (χ4n) is 2.18. The number of hydrogen-bond donors (Lipinski definition) is 2. The Bertz CT molecular complexity index is 654. The van der Waals surface area contributed by atoms with Crippen molar-refractivity contribution >= 4 is 5.97 Å². The number of benzene rings is 2. The summed E-state index contributed by atoms with van der Waals surface area (Å²) >= 11 is 0. The molecule has 0 atom stereocenters. The normalized spacial score (nSPS) is 11.4. The van der Waals surface area contributed by atoms with E-state index in [1.54, 1.807) is 12.1 Å². The van der Waals surface area contributed by atoms with Crippen molar-refractivity contribution in [2.45, 2.75) is 19.8 Å². The number of carboxylic acids is 1. The van der Waals surface area contributed by atoms with Crippen LogP contribution < -0.4 is 0 Å². The van der Waals surface area contributed by atoms with E-state index in [1.807, 2.05) is 37.3 Å². The number of carbonyl (C=O) groups is 1. The van der Waals surface area contributed by atoms with Gasteiger partial charge in [0.05, 0.1) is 0 Å². The van der Waals surface area contributed by atoms with Crippen LogP contribution in [-0.2, 0) is 11.2 Å². The molecular weight excluding hydrogens is 264 g/mol. The molecule has 0 saturated heterocycles. The topological polar surface area (TPSA) is 57.5 Å². The minimum Gasteiger partial charge on any atom is -0.508 e. The Morgan fingerprint density at radius 2 is 1.81 bits per heavy atom. The number of allylic oxidation sites excluding steroid dienone is 1. The number of aryl methyl sites for hydroxylation is 1. The van der Waals surface area contributed by atoms with Gasteiger partial charge in [0.2, 0.25) is 0 Å². The van der Waals surface area contributed by atoms with E-state index in [9.17, 15) is 9.90 Å². The SMILES string of the molecule is C/C(=C\C(=O)O)CCc1cccc(-c2ccc(O)cc2)c1. The van der Waals surface area contributed by atoms with Gasteiger partial charge in [-0.05, 0) is 48.6 Å². The minimum atomic E-state index is -0.898. The number of carboxylic acid groups (broad SMARTS) is 1. The molecular formula is C18H18O3. The Hall–Kier alpha value is -2.55. The maximum Gasteiger partial charge on any atom is 0.328 e. The smallest absolute Gasteiger partial charge is 0.328 e. The first-order valence-corrected chi connectivity index (χ1v) is 6.83. The number of aliphatic carboxylic acids is 1. The van der Waals surface area contributed by atoms with Crippen LogP contribution in [0.5, 0.6) is 5.75 Å². The highest BCUT2D eigenvalue weighted by Gasteiger charge is 2.01. The second kappa shape index (κ2) is 6.75. The molecule has 0 bridgehead atoms. The van der Waals surface area contributed by atoms with E-state index in [0.29, 0.717) is 0 Å². The summed E-state index contributed by atoms with van der Waals surface area (Å²) in [6, 6.07) is 15.2. The maximum absolute atomic E-state index is 10.6. The molecule has 0 aliphatic rings. The van der Waals surface area contributed by atoms with E-state index in [2.05, 4.69) is 6.07 Å². The summed E-state index contributed by atoms with van der Waals surface area (Å²) in [5, 5.41) is 18.0. The van der Waals surface area contributed by atoms with Gasteiger partial charge in [-0.15, -0.1) is 0 Å². The Morgan fingerprint density at radius 3 is 2.48 bits per heavy atom. The zero-order chi connectivity index (χ0) is 15.2. The van der Waals surface area contributed by atoms with Crippen molar-refractivity contribution in [1.29, 1.82) is 0 Å². The first-order chi connectivity index (χ1) is 10.0. The van der Waals surface area contributed by atoms with Gasteiger partial charge in [-0.25, -0.2) is 4.79 Å². The molecule has 0 unspecified atom stereocenters. The minimum absolute atomic E-state index is 0.254. The molecule has 0 heterocycles. The Kier molecular flexibility index (Phi) is 4.77. The van der Waals surface area contributed by atoms with Crippen molar-refractivity contribution in [1.82, 2.24) is 0 Å². The predicted octanol–water partition coefficient (Wildman–Crippen LogP) is 4.02. The third kappa shape index (κ3) is 4.49. The average molecular weight is 282 g/mol. The van der Waals surface area contributed by atoms with Gasteiger partial charge in [0, 0.05) is 6.08 Å². The molecule has 0 spiro atoms. The number of phenolic OH excluding ortho intramolecular Hbond substituents is 1. The van der Waals surface area contributed by atoms with Crippen molar-refractivity contribution in [3.63, 3.8) is 0 Å². The van der Waals surface area contributed by atoms with E-state index in [-0.39, 0.29) is 5.75 Å². The second-order valence-corrected chi connectivity index (χ2v) is 5.08. The Balaban J connectivity index is 2.11. The highest BCUT2D eigenvalue weighted by molar-refractivity contribution is 5.80. The van der Waals surface area contributed by atoms with Crippen LogP contribution >= 0.6 is 0 Å². The summed E-state index contributed by atoms with van der Waals surface area (Å²) in [7, 11) is 0. The van der Waals surface area contributed by atoms with Gasteiger partial charge in [0.25, 0.3) is 0 Å². The van der Waals surface area contributed by atoms with E-state index < -0.39 is 5.97 Å². The molecule has 0 aromatic heterocycles. The molecule has 0 radical (unpaired) electrons. The third-order valence-corrected chi connectivity index (χ3v) is 3.31. The summed E-state index contributed by atoms with van der Waals surface area (Å²) in [5.41, 5.74) is 4.16. The van der Waals surface area contributed by atoms with E-state index in [4.69, 9.17) is 5.11 Å². The average Bonchev–Trinajstić information content (AvgIpc) is 2.45. The first kappa shape index (κ1) is 14.9. The summed E-state index contributed by atoms with van der Waals surface area (Å²) in [5.74, 6) is -0.644. The molecule has 0 amide bonds. The summed E-state index contributed by atoms with van der Waals surface area (Å²) in [4.78, 5) is 10.6. The summed E-state index contributed by atoms with van der Waals surface area (Å²) < 4.78 is 0. The molecule has 0 fully saturated rings. The lowest BCUT2D eigenvalue weighted by molar-refractivity contribution is -0.131. The fourth-order valence-corrected chi connectivity index (χ4v) is 2.18. The van der Waals surface area contributed by atoms with E-state index in [1.165, 1.54) is 11.6 Å². The lowest BCUT2D eigenvalue weighted by atomic mass is 9.99. The number of hydrogen-bond acceptors (Lipinski definition) is 2. The molecule has 108 valence electrons. The Labute approximate surface area is 124 Å². The molecule has 2 rings (SSSR count). The van der Waals surface area contributed by atoms with Crippen LogP contribution in [0.4, 0.5) is 0 Å². The number of rotatable bonds is 5. The zero-order valence-corrected chi connectivity index (χ0v) is 11.9. The van der Waals surface area contributed by atoms with E-state index in [0.717, 1.165) is 29.5 Å². The monoisotopic (exact) mass is 282 g/mol. The van der Waals surface area contributed by atoms with Crippen LogP contribution in [0, 0.1) is 0 Å². The molecule has 21 heavy (non-hydrogen) atoms. The van der Waals surface area contributed by atoms with Crippen molar-refractivity contribution in [3.8, 4) is 16.9 Å². The van der Waals surface area contributed by atoms with Gasteiger partial charge in [-0.2, -0.15) is 0 Å².